The first-order valence-electron chi connectivity index (χ1n) is 8.41. The van der Waals surface area contributed by atoms with Gasteiger partial charge in [-0.05, 0) is 31.0 Å². The van der Waals surface area contributed by atoms with Crippen molar-refractivity contribution in [3.63, 3.8) is 0 Å². The minimum Gasteiger partial charge on any atom is -0.312 e. The summed E-state index contributed by atoms with van der Waals surface area (Å²) in [5.41, 5.74) is 3.78. The first kappa shape index (κ1) is 18.7. The topological polar surface area (TPSA) is 77.5 Å². The highest BCUT2D eigenvalue weighted by Gasteiger charge is 2.13. The predicted octanol–water partition coefficient (Wildman–Crippen LogP) is 4.08. The summed E-state index contributed by atoms with van der Waals surface area (Å²) < 4.78 is 2.61. The van der Waals surface area contributed by atoms with Gasteiger partial charge < -0.3 is 4.57 Å². The van der Waals surface area contributed by atoms with E-state index in [9.17, 15) is 14.9 Å². The fraction of sp³-hybridized carbons (Fsp3) is 0.200. The van der Waals surface area contributed by atoms with Crippen molar-refractivity contribution >= 4 is 33.1 Å². The van der Waals surface area contributed by atoms with E-state index in [1.165, 1.54) is 23.5 Å². The van der Waals surface area contributed by atoms with Crippen molar-refractivity contribution in [1.29, 1.82) is 0 Å². The number of nitro groups is 1. The quantitative estimate of drug-likeness (QED) is 0.379. The van der Waals surface area contributed by atoms with E-state index >= 15 is 0 Å². The number of aromatic nitrogens is 1. The van der Waals surface area contributed by atoms with Crippen LogP contribution < -0.4 is 4.80 Å². The van der Waals surface area contributed by atoms with Gasteiger partial charge in [0.2, 0.25) is 0 Å². The van der Waals surface area contributed by atoms with Crippen LogP contribution >= 0.6 is 11.3 Å². The molecule has 138 valence electrons. The van der Waals surface area contributed by atoms with Gasteiger partial charge in [0.15, 0.2) is 4.80 Å². The van der Waals surface area contributed by atoms with E-state index in [4.69, 9.17) is 0 Å². The second kappa shape index (κ2) is 7.67. The van der Waals surface area contributed by atoms with Crippen molar-refractivity contribution in [2.24, 2.45) is 4.99 Å². The largest absolute Gasteiger partial charge is 0.312 e. The van der Waals surface area contributed by atoms with Gasteiger partial charge in [0, 0.05) is 18.7 Å². The minimum absolute atomic E-state index is 0.00590. The average Bonchev–Trinajstić information content (AvgIpc) is 2.95. The van der Waals surface area contributed by atoms with Gasteiger partial charge in [0.05, 0.1) is 21.6 Å². The molecule has 0 saturated heterocycles. The van der Waals surface area contributed by atoms with E-state index in [-0.39, 0.29) is 18.0 Å². The molecule has 1 aromatic heterocycles. The summed E-state index contributed by atoms with van der Waals surface area (Å²) in [7, 11) is 0. The number of nitro benzene ring substituents is 1. The molecule has 0 unspecified atom stereocenters. The van der Waals surface area contributed by atoms with Crippen LogP contribution in [0.3, 0.4) is 0 Å². The number of carbonyl (C=O) groups is 1. The Hall–Kier alpha value is -3.06. The molecule has 2 aromatic carbocycles. The molecule has 1 heterocycles. The second-order valence-corrected chi connectivity index (χ2v) is 7.31. The molecule has 1 amide bonds. The smallest absolute Gasteiger partial charge is 0.271 e. The Kier molecular flexibility index (Phi) is 5.32. The van der Waals surface area contributed by atoms with Gasteiger partial charge >= 0.3 is 0 Å². The van der Waals surface area contributed by atoms with Crippen LogP contribution in [0.25, 0.3) is 10.2 Å². The second-order valence-electron chi connectivity index (χ2n) is 6.31. The van der Waals surface area contributed by atoms with Crippen molar-refractivity contribution in [3.05, 3.63) is 80.7 Å². The Morgan fingerprint density at radius 3 is 2.78 bits per heavy atom. The molecule has 0 aliphatic carbocycles. The fourth-order valence-electron chi connectivity index (χ4n) is 2.86. The molecular formula is C20H19N3O3S. The Balaban J connectivity index is 2.05. The van der Waals surface area contributed by atoms with Gasteiger partial charge in [-0.1, -0.05) is 41.2 Å². The summed E-state index contributed by atoms with van der Waals surface area (Å²) in [5.74, 6) is -0.248. The van der Waals surface area contributed by atoms with E-state index in [2.05, 4.69) is 11.6 Å². The van der Waals surface area contributed by atoms with Crippen molar-refractivity contribution < 1.29 is 9.72 Å². The molecule has 0 radical (unpaired) electrons. The number of carbonyl (C=O) groups excluding carboxylic acids is 1. The number of fused-ring (bicyclic) bond motifs is 1. The summed E-state index contributed by atoms with van der Waals surface area (Å²) in [6.07, 6.45) is 1.90. The van der Waals surface area contributed by atoms with Crippen LogP contribution in [0.2, 0.25) is 0 Å². The van der Waals surface area contributed by atoms with Crippen LogP contribution in [0.1, 0.15) is 16.7 Å². The molecule has 0 aliphatic heterocycles. The summed E-state index contributed by atoms with van der Waals surface area (Å²) in [6, 6.07) is 10.6. The lowest BCUT2D eigenvalue weighted by molar-refractivity contribution is -0.384. The highest BCUT2D eigenvalue weighted by Crippen LogP contribution is 2.23. The summed E-state index contributed by atoms with van der Waals surface area (Å²) in [4.78, 5) is 28.0. The van der Waals surface area contributed by atoms with Crippen molar-refractivity contribution in [2.45, 2.75) is 26.8 Å². The number of amides is 1. The molecule has 0 saturated carbocycles. The van der Waals surface area contributed by atoms with Crippen LogP contribution in [0.15, 0.2) is 54.0 Å². The van der Waals surface area contributed by atoms with Gasteiger partial charge in [-0.2, -0.15) is 4.99 Å². The maximum atomic E-state index is 12.5. The third-order valence-electron chi connectivity index (χ3n) is 4.25. The molecule has 3 aromatic rings. The number of non-ortho nitro benzene ring substituents is 1. The highest BCUT2D eigenvalue weighted by molar-refractivity contribution is 7.16. The van der Waals surface area contributed by atoms with Gasteiger partial charge in [0.25, 0.3) is 11.6 Å². The normalized spacial score (nSPS) is 11.7. The Morgan fingerprint density at radius 1 is 1.30 bits per heavy atom. The molecule has 27 heavy (non-hydrogen) atoms. The molecule has 0 N–H and O–H groups in total. The number of aryl methyl sites for hydroxylation is 2. The lowest BCUT2D eigenvalue weighted by Crippen LogP contribution is -2.17. The monoisotopic (exact) mass is 381 g/mol. The number of nitrogens with zero attached hydrogens (tertiary/aromatic N) is 3. The zero-order valence-electron chi connectivity index (χ0n) is 15.1. The van der Waals surface area contributed by atoms with Gasteiger partial charge in [-0.25, -0.2) is 0 Å². The number of rotatable bonds is 5. The lowest BCUT2D eigenvalue weighted by Gasteiger charge is -2.04. The molecule has 0 aliphatic rings. The predicted molar refractivity (Wildman–Crippen MR) is 107 cm³/mol. The number of hydrogen-bond acceptors (Lipinski definition) is 4. The average molecular weight is 381 g/mol. The van der Waals surface area contributed by atoms with E-state index in [1.807, 2.05) is 32.0 Å². The number of hydrogen-bond donors (Lipinski definition) is 0. The van der Waals surface area contributed by atoms with Crippen LogP contribution in [-0.4, -0.2) is 15.4 Å². The number of allylic oxidation sites excluding steroid dienone is 1. The van der Waals surface area contributed by atoms with E-state index in [0.717, 1.165) is 21.4 Å². The van der Waals surface area contributed by atoms with E-state index in [1.54, 1.807) is 16.7 Å². The van der Waals surface area contributed by atoms with Gasteiger partial charge in [-0.3, -0.25) is 14.9 Å². The summed E-state index contributed by atoms with van der Waals surface area (Å²) in [5, 5.41) is 11.1. The van der Waals surface area contributed by atoms with Crippen molar-refractivity contribution in [2.75, 3.05) is 0 Å². The lowest BCUT2D eigenvalue weighted by atomic mass is 10.0. The third kappa shape index (κ3) is 4.03. The first-order valence-corrected chi connectivity index (χ1v) is 9.23. The molecule has 0 fully saturated rings. The summed E-state index contributed by atoms with van der Waals surface area (Å²) in [6.45, 7) is 8.10. The maximum Gasteiger partial charge on any atom is 0.271 e. The molecule has 6 nitrogen and oxygen atoms in total. The first-order chi connectivity index (χ1) is 12.9. The molecule has 3 rings (SSSR count). The molecule has 0 bridgehead atoms. The van der Waals surface area contributed by atoms with Crippen LogP contribution in [0, 0.1) is 24.0 Å². The SMILES string of the molecule is C=CCn1c(=NC(=O)Cc2cc(C)ccc2C)sc2ccc([N+](=O)[O-])cc21. The highest BCUT2D eigenvalue weighted by atomic mass is 32.1. The number of thiazole rings is 1. The Morgan fingerprint density at radius 2 is 2.07 bits per heavy atom. The van der Waals surface area contributed by atoms with Gasteiger partial charge in [0.1, 0.15) is 0 Å². The van der Waals surface area contributed by atoms with Crippen LogP contribution in [-0.2, 0) is 17.8 Å². The Labute approximate surface area is 160 Å². The van der Waals surface area contributed by atoms with Crippen molar-refractivity contribution in [3.8, 4) is 0 Å². The minimum atomic E-state index is -0.433. The van der Waals surface area contributed by atoms with Crippen molar-refractivity contribution in [1.82, 2.24) is 4.57 Å². The van der Waals surface area contributed by atoms with Gasteiger partial charge in [-0.15, -0.1) is 6.58 Å². The van der Waals surface area contributed by atoms with E-state index in [0.29, 0.717) is 16.9 Å². The molecule has 0 spiro atoms. The fourth-order valence-corrected chi connectivity index (χ4v) is 3.90. The zero-order chi connectivity index (χ0) is 19.6. The van der Waals surface area contributed by atoms with E-state index < -0.39 is 4.92 Å². The molecular weight excluding hydrogens is 362 g/mol. The van der Waals surface area contributed by atoms with Crippen LogP contribution in [0.4, 0.5) is 5.69 Å². The maximum absolute atomic E-state index is 12.5. The molecule has 7 heteroatoms. The third-order valence-corrected chi connectivity index (χ3v) is 5.31. The summed E-state index contributed by atoms with van der Waals surface area (Å²) >= 11 is 1.34. The zero-order valence-corrected chi connectivity index (χ0v) is 16.0. The standard InChI is InChI=1S/C20H19N3O3S/c1-4-9-22-17-12-16(23(25)26)7-8-18(17)27-20(22)21-19(24)11-15-10-13(2)5-6-14(15)3/h4-8,10,12H,1,9,11H2,2-3H3. The van der Waals surface area contributed by atoms with Crippen LogP contribution in [0.5, 0.6) is 0 Å². The Bertz CT molecular complexity index is 1130. The molecule has 0 atom stereocenters. The number of benzene rings is 2.